The number of H-pyrrole nitrogens is 2. The van der Waals surface area contributed by atoms with Crippen molar-refractivity contribution in [1.82, 2.24) is 35.1 Å². The SMILES string of the molecule is COC(=O)N[C@@H](C(=O)N1CCC[C@H]1c1nc2ccc(-c3ccc(-c4cnc([C@@H]5CCCN5C(=O)[C@H](N)c5ccccc5)[nH]4)cc3)cc2[nH]1)c1ccccc1. The van der Waals surface area contributed by atoms with Crippen LogP contribution in [0.25, 0.3) is 33.4 Å². The monoisotopic (exact) mass is 722 g/mol. The van der Waals surface area contributed by atoms with Gasteiger partial charge in [-0.1, -0.05) is 91.0 Å². The van der Waals surface area contributed by atoms with Crippen LogP contribution in [0.2, 0.25) is 0 Å². The number of likely N-dealkylation sites (tertiary alicyclic amines) is 2. The smallest absolute Gasteiger partial charge is 0.407 e. The minimum Gasteiger partial charge on any atom is -0.453 e. The number of carbonyl (C=O) groups is 3. The second-order valence-corrected chi connectivity index (χ2v) is 13.9. The van der Waals surface area contributed by atoms with Gasteiger partial charge in [-0.3, -0.25) is 9.59 Å². The number of ether oxygens (including phenoxy) is 1. The first-order valence-electron chi connectivity index (χ1n) is 18.3. The molecule has 3 amide bonds. The van der Waals surface area contributed by atoms with Gasteiger partial charge >= 0.3 is 6.09 Å². The van der Waals surface area contributed by atoms with Crippen molar-refractivity contribution < 1.29 is 19.1 Å². The standard InChI is InChI=1S/C42H42N8O4/c1-54-42(53)48-37(29-12-6-3-7-13-29)41(52)50-23-9-15-35(50)39-45-31-21-20-30(24-32(31)46-39)26-16-18-27(19-17-26)33-25-44-38(47-33)34-14-8-22-49(34)40(51)36(43)28-10-4-2-5-11-28/h2-7,10-13,16-21,24-25,34-37H,8-9,14-15,22-23,43H2,1H3,(H,44,47)(H,45,46)(H,48,53)/t34-,35-,36+,37+/m0/s1. The average Bonchev–Trinajstić information content (AvgIpc) is 4.06. The summed E-state index contributed by atoms with van der Waals surface area (Å²) in [6.45, 7) is 1.21. The van der Waals surface area contributed by atoms with Crippen molar-refractivity contribution in [3.63, 3.8) is 0 Å². The van der Waals surface area contributed by atoms with E-state index in [-0.39, 0.29) is 23.9 Å². The molecule has 4 aromatic carbocycles. The second-order valence-electron chi connectivity index (χ2n) is 13.9. The van der Waals surface area contributed by atoms with E-state index in [1.165, 1.54) is 7.11 Å². The van der Waals surface area contributed by atoms with E-state index in [9.17, 15) is 14.4 Å². The van der Waals surface area contributed by atoms with Crippen molar-refractivity contribution in [3.8, 4) is 22.4 Å². The normalized spacial score (nSPS) is 18.1. The summed E-state index contributed by atoms with van der Waals surface area (Å²) in [6.07, 6.45) is 4.46. The number of imidazole rings is 2. The molecule has 54 heavy (non-hydrogen) atoms. The highest BCUT2D eigenvalue weighted by Gasteiger charge is 2.37. The predicted octanol–water partition coefficient (Wildman–Crippen LogP) is 6.74. The van der Waals surface area contributed by atoms with Crippen LogP contribution in [0.4, 0.5) is 4.79 Å². The van der Waals surface area contributed by atoms with Gasteiger partial charge in [-0.25, -0.2) is 14.8 Å². The van der Waals surface area contributed by atoms with E-state index in [4.69, 9.17) is 20.4 Å². The highest BCUT2D eigenvalue weighted by atomic mass is 16.5. The third-order valence-electron chi connectivity index (χ3n) is 10.6. The van der Waals surface area contributed by atoms with E-state index in [0.717, 1.165) is 70.5 Å². The van der Waals surface area contributed by atoms with Crippen LogP contribution >= 0.6 is 0 Å². The van der Waals surface area contributed by atoms with Crippen LogP contribution in [0.1, 0.15) is 72.6 Å². The summed E-state index contributed by atoms with van der Waals surface area (Å²) in [5, 5.41) is 2.72. The number of methoxy groups -OCH3 is 1. The number of amides is 3. The maximum atomic E-state index is 13.9. The zero-order valence-corrected chi connectivity index (χ0v) is 29.9. The highest BCUT2D eigenvalue weighted by molar-refractivity contribution is 5.88. The van der Waals surface area contributed by atoms with Crippen molar-refractivity contribution >= 4 is 28.9 Å². The average molecular weight is 723 g/mol. The Morgan fingerprint density at radius 1 is 0.759 bits per heavy atom. The molecular formula is C42H42N8O4. The molecule has 0 spiro atoms. The molecule has 0 unspecified atom stereocenters. The molecule has 0 saturated carbocycles. The lowest BCUT2D eigenvalue weighted by molar-refractivity contribution is -0.135. The number of aromatic amines is 2. The number of hydrogen-bond acceptors (Lipinski definition) is 7. The van der Waals surface area contributed by atoms with Crippen LogP contribution in [0, 0.1) is 0 Å². The van der Waals surface area contributed by atoms with Gasteiger partial charge in [0.25, 0.3) is 5.91 Å². The van der Waals surface area contributed by atoms with E-state index >= 15 is 0 Å². The Balaban J connectivity index is 0.972. The fraction of sp³-hybridized carbons (Fsp3) is 0.262. The summed E-state index contributed by atoms with van der Waals surface area (Å²) in [4.78, 5) is 59.8. The first-order valence-corrected chi connectivity index (χ1v) is 18.3. The molecule has 0 bridgehead atoms. The fourth-order valence-corrected chi connectivity index (χ4v) is 7.75. The lowest BCUT2D eigenvalue weighted by Crippen LogP contribution is -2.42. The molecule has 4 heterocycles. The lowest BCUT2D eigenvalue weighted by atomic mass is 10.0. The minimum absolute atomic E-state index is 0.0916. The van der Waals surface area contributed by atoms with E-state index in [2.05, 4.69) is 45.6 Å². The van der Waals surface area contributed by atoms with Crippen molar-refractivity contribution in [2.45, 2.75) is 49.9 Å². The number of benzene rings is 4. The summed E-state index contributed by atoms with van der Waals surface area (Å²) >= 11 is 0. The third-order valence-corrected chi connectivity index (χ3v) is 10.6. The molecule has 0 radical (unpaired) electrons. The van der Waals surface area contributed by atoms with Crippen LogP contribution in [-0.2, 0) is 14.3 Å². The van der Waals surface area contributed by atoms with Crippen LogP contribution in [0.5, 0.6) is 0 Å². The van der Waals surface area contributed by atoms with E-state index in [1.54, 1.807) is 4.90 Å². The molecule has 2 aliphatic rings. The molecule has 12 heteroatoms. The number of fused-ring (bicyclic) bond motifs is 1. The van der Waals surface area contributed by atoms with Crippen LogP contribution in [-0.4, -0.2) is 67.8 Å². The Kier molecular flexibility index (Phi) is 9.66. The maximum Gasteiger partial charge on any atom is 0.407 e. The zero-order chi connectivity index (χ0) is 37.2. The number of nitrogens with two attached hydrogens (primary N) is 1. The Hall–Kier alpha value is -6.27. The van der Waals surface area contributed by atoms with E-state index < -0.39 is 18.2 Å². The van der Waals surface area contributed by atoms with Gasteiger partial charge in [0, 0.05) is 13.1 Å². The molecule has 2 fully saturated rings. The summed E-state index contributed by atoms with van der Waals surface area (Å²) in [5.74, 6) is 1.18. The third kappa shape index (κ3) is 6.83. The Labute approximate surface area is 312 Å². The van der Waals surface area contributed by atoms with Crippen LogP contribution in [0.3, 0.4) is 0 Å². The molecule has 0 aliphatic carbocycles. The van der Waals surface area contributed by atoms with Gasteiger partial charge in [-0.15, -0.1) is 0 Å². The molecule has 5 N–H and O–H groups in total. The number of carbonyl (C=O) groups excluding carboxylic acids is 3. The van der Waals surface area contributed by atoms with Crippen molar-refractivity contribution in [2.75, 3.05) is 20.2 Å². The quantitative estimate of drug-likeness (QED) is 0.128. The number of rotatable bonds is 9. The summed E-state index contributed by atoms with van der Waals surface area (Å²) in [7, 11) is 1.28. The Bertz CT molecular complexity index is 2270. The second kappa shape index (κ2) is 15.0. The van der Waals surface area contributed by atoms with Crippen molar-refractivity contribution in [1.29, 1.82) is 0 Å². The van der Waals surface area contributed by atoms with Gasteiger partial charge < -0.3 is 35.6 Å². The first kappa shape index (κ1) is 34.8. The largest absolute Gasteiger partial charge is 0.453 e. The number of aromatic nitrogens is 4. The minimum atomic E-state index is -0.878. The predicted molar refractivity (Wildman–Crippen MR) is 205 cm³/mol. The molecule has 12 nitrogen and oxygen atoms in total. The van der Waals surface area contributed by atoms with Gasteiger partial charge in [0.05, 0.1) is 42.1 Å². The molecular weight excluding hydrogens is 681 g/mol. The van der Waals surface area contributed by atoms with Gasteiger partial charge in [0.1, 0.15) is 23.7 Å². The lowest BCUT2D eigenvalue weighted by Gasteiger charge is -2.28. The van der Waals surface area contributed by atoms with Gasteiger partial charge in [0.15, 0.2) is 0 Å². The number of nitrogens with one attached hydrogen (secondary N) is 3. The van der Waals surface area contributed by atoms with Gasteiger partial charge in [-0.05, 0) is 65.6 Å². The summed E-state index contributed by atoms with van der Waals surface area (Å²) in [6, 6.07) is 31.1. The molecule has 2 aromatic heterocycles. The molecule has 2 saturated heterocycles. The number of alkyl carbamates (subject to hydrolysis) is 1. The fourth-order valence-electron chi connectivity index (χ4n) is 7.75. The zero-order valence-electron chi connectivity index (χ0n) is 29.9. The number of nitrogens with zero attached hydrogens (tertiary/aromatic N) is 4. The van der Waals surface area contributed by atoms with Crippen molar-refractivity contribution in [2.24, 2.45) is 5.73 Å². The first-order chi connectivity index (χ1) is 26.4. The van der Waals surface area contributed by atoms with Crippen LogP contribution in [0.15, 0.2) is 109 Å². The Morgan fingerprint density at radius 3 is 2.06 bits per heavy atom. The highest BCUT2D eigenvalue weighted by Crippen LogP contribution is 2.36. The molecule has 8 rings (SSSR count). The molecule has 274 valence electrons. The molecule has 4 atom stereocenters. The topological polar surface area (TPSA) is 162 Å². The molecule has 6 aromatic rings. The van der Waals surface area contributed by atoms with E-state index in [0.29, 0.717) is 24.5 Å². The van der Waals surface area contributed by atoms with Gasteiger partial charge in [-0.2, -0.15) is 0 Å². The molecule has 2 aliphatic heterocycles. The summed E-state index contributed by atoms with van der Waals surface area (Å²) in [5.41, 5.74) is 13.5. The number of hydrogen-bond donors (Lipinski definition) is 4. The summed E-state index contributed by atoms with van der Waals surface area (Å²) < 4.78 is 4.83. The van der Waals surface area contributed by atoms with E-state index in [1.807, 2.05) is 83.9 Å². The van der Waals surface area contributed by atoms with Crippen LogP contribution < -0.4 is 11.1 Å². The van der Waals surface area contributed by atoms with Crippen molar-refractivity contribution in [3.05, 3.63) is 132 Å². The Morgan fingerprint density at radius 2 is 1.37 bits per heavy atom. The maximum absolute atomic E-state index is 13.9. The van der Waals surface area contributed by atoms with Gasteiger partial charge in [0.2, 0.25) is 5.91 Å².